The van der Waals surface area contributed by atoms with Gasteiger partial charge in [0.05, 0.1) is 0 Å². The average Bonchev–Trinajstić information content (AvgIpc) is 2.86. The molecule has 0 saturated carbocycles. The highest BCUT2D eigenvalue weighted by molar-refractivity contribution is 6.08. The molecule has 2 N–H and O–H groups in total. The van der Waals surface area contributed by atoms with E-state index in [1.165, 1.54) is 34.3 Å². The first-order chi connectivity index (χ1) is 10.0. The van der Waals surface area contributed by atoms with Crippen LogP contribution in [-0.2, 0) is 11.2 Å². The lowest BCUT2D eigenvalue weighted by Crippen LogP contribution is -1.92. The molecule has 0 unspecified atom stereocenters. The second-order valence-electron chi connectivity index (χ2n) is 4.95. The van der Waals surface area contributed by atoms with Crippen molar-refractivity contribution in [2.45, 2.75) is 20.3 Å². The molecule has 0 atom stereocenters. The normalized spacial score (nSPS) is 10.2. The molecule has 0 radical (unpaired) electrons. The van der Waals surface area contributed by atoms with Crippen molar-refractivity contribution in [3.05, 3.63) is 60.2 Å². The number of carboxylic acids is 1. The number of benzene rings is 2. The summed E-state index contributed by atoms with van der Waals surface area (Å²) in [4.78, 5) is 13.1. The van der Waals surface area contributed by atoms with Gasteiger partial charge in [-0.3, -0.25) is 0 Å². The van der Waals surface area contributed by atoms with Gasteiger partial charge in [0.1, 0.15) is 0 Å². The maximum atomic E-state index is 9.60. The Morgan fingerprint density at radius 2 is 1.76 bits per heavy atom. The Hall–Kier alpha value is -2.55. The van der Waals surface area contributed by atoms with Gasteiger partial charge in [-0.2, -0.15) is 0 Å². The molecule has 3 aromatic rings. The monoisotopic (exact) mass is 281 g/mol. The summed E-state index contributed by atoms with van der Waals surface area (Å²) >= 11 is 0. The van der Waals surface area contributed by atoms with E-state index in [1.807, 2.05) is 0 Å². The largest absolute Gasteiger partial charge is 0.478 e. The fourth-order valence-corrected chi connectivity index (χ4v) is 2.23. The second kappa shape index (κ2) is 6.27. The van der Waals surface area contributed by atoms with E-state index in [0.29, 0.717) is 0 Å². The molecular formula is C18H19NO2. The summed E-state index contributed by atoms with van der Waals surface area (Å²) in [7, 11) is 0. The van der Waals surface area contributed by atoms with E-state index in [2.05, 4.69) is 61.0 Å². The molecule has 0 aliphatic rings. The third-order valence-corrected chi connectivity index (χ3v) is 3.37. The molecule has 1 aromatic heterocycles. The number of fused-ring (bicyclic) bond motifs is 3. The van der Waals surface area contributed by atoms with Crippen molar-refractivity contribution in [2.75, 3.05) is 0 Å². The van der Waals surface area contributed by atoms with Crippen molar-refractivity contribution >= 4 is 27.8 Å². The van der Waals surface area contributed by atoms with Gasteiger partial charge in [-0.1, -0.05) is 49.9 Å². The zero-order chi connectivity index (χ0) is 15.4. The third-order valence-electron chi connectivity index (χ3n) is 3.37. The van der Waals surface area contributed by atoms with Gasteiger partial charge in [0.25, 0.3) is 0 Å². The van der Waals surface area contributed by atoms with E-state index in [4.69, 9.17) is 5.11 Å². The summed E-state index contributed by atoms with van der Waals surface area (Å²) in [6.07, 6.45) is 1.07. The van der Waals surface area contributed by atoms with Crippen LogP contribution in [0.25, 0.3) is 21.8 Å². The maximum Gasteiger partial charge on any atom is 0.330 e. The number of para-hydroxylation sites is 2. The molecule has 2 aromatic carbocycles. The summed E-state index contributed by atoms with van der Waals surface area (Å²) in [6, 6.07) is 15.0. The lowest BCUT2D eigenvalue weighted by molar-refractivity contribution is -0.132. The molecular weight excluding hydrogens is 262 g/mol. The van der Waals surface area contributed by atoms with Gasteiger partial charge < -0.3 is 10.1 Å². The lowest BCUT2D eigenvalue weighted by Gasteiger charge is -1.97. The van der Waals surface area contributed by atoms with Crippen molar-refractivity contribution in [1.82, 2.24) is 4.98 Å². The summed E-state index contributed by atoms with van der Waals surface area (Å²) in [5.41, 5.74) is 4.09. The SMILES string of the molecule is C=C(C)C(=O)O.CCc1cccc2c1[nH]c1ccccc12. The zero-order valence-corrected chi connectivity index (χ0v) is 12.3. The number of aliphatic carboxylic acids is 1. The molecule has 108 valence electrons. The van der Waals surface area contributed by atoms with E-state index in [9.17, 15) is 4.79 Å². The first-order valence-electron chi connectivity index (χ1n) is 6.91. The molecule has 0 spiro atoms. The van der Waals surface area contributed by atoms with Gasteiger partial charge in [0.2, 0.25) is 0 Å². The van der Waals surface area contributed by atoms with Crippen LogP contribution in [0.4, 0.5) is 0 Å². The van der Waals surface area contributed by atoms with Crippen molar-refractivity contribution in [1.29, 1.82) is 0 Å². The number of carboxylic acid groups (broad SMARTS) is 1. The smallest absolute Gasteiger partial charge is 0.330 e. The zero-order valence-electron chi connectivity index (χ0n) is 12.3. The van der Waals surface area contributed by atoms with Gasteiger partial charge in [-0.15, -0.1) is 0 Å². The minimum atomic E-state index is -0.935. The van der Waals surface area contributed by atoms with Gasteiger partial charge in [0, 0.05) is 27.4 Å². The molecule has 3 nitrogen and oxygen atoms in total. The minimum Gasteiger partial charge on any atom is -0.478 e. The molecule has 0 aliphatic carbocycles. The molecule has 0 saturated heterocycles. The highest BCUT2D eigenvalue weighted by Crippen LogP contribution is 2.27. The molecule has 1 heterocycles. The van der Waals surface area contributed by atoms with Crippen LogP contribution >= 0.6 is 0 Å². The quantitative estimate of drug-likeness (QED) is 0.678. The lowest BCUT2D eigenvalue weighted by atomic mass is 10.1. The topological polar surface area (TPSA) is 53.1 Å². The Morgan fingerprint density at radius 1 is 1.14 bits per heavy atom. The van der Waals surface area contributed by atoms with Crippen molar-refractivity contribution in [3.63, 3.8) is 0 Å². The Kier molecular flexibility index (Phi) is 4.43. The molecule has 0 aliphatic heterocycles. The van der Waals surface area contributed by atoms with Crippen LogP contribution in [0.1, 0.15) is 19.4 Å². The van der Waals surface area contributed by atoms with E-state index < -0.39 is 5.97 Å². The third kappa shape index (κ3) is 3.14. The standard InChI is InChI=1S/C14H13N.C4H6O2/c1-2-10-6-5-8-12-11-7-3-4-9-13(11)15-14(10)12;1-3(2)4(5)6/h3-9,15H,2H2,1H3;1H2,2H3,(H,5,6). The number of rotatable bonds is 2. The second-order valence-corrected chi connectivity index (χ2v) is 4.95. The Morgan fingerprint density at radius 3 is 2.38 bits per heavy atom. The summed E-state index contributed by atoms with van der Waals surface area (Å²) < 4.78 is 0. The van der Waals surface area contributed by atoms with Crippen LogP contribution in [0.5, 0.6) is 0 Å². The molecule has 21 heavy (non-hydrogen) atoms. The van der Waals surface area contributed by atoms with Crippen LogP contribution in [-0.4, -0.2) is 16.1 Å². The molecule has 0 amide bonds. The number of aryl methyl sites for hydroxylation is 1. The average molecular weight is 281 g/mol. The molecule has 0 fully saturated rings. The van der Waals surface area contributed by atoms with E-state index in [-0.39, 0.29) is 5.57 Å². The van der Waals surface area contributed by atoms with Crippen LogP contribution in [0.2, 0.25) is 0 Å². The van der Waals surface area contributed by atoms with Crippen molar-refractivity contribution in [2.24, 2.45) is 0 Å². The minimum absolute atomic E-state index is 0.176. The van der Waals surface area contributed by atoms with E-state index in [1.54, 1.807) is 0 Å². The number of hydrogen-bond acceptors (Lipinski definition) is 1. The highest BCUT2D eigenvalue weighted by atomic mass is 16.4. The van der Waals surface area contributed by atoms with Crippen molar-refractivity contribution < 1.29 is 9.90 Å². The maximum absolute atomic E-state index is 9.60. The number of nitrogens with one attached hydrogen (secondary N) is 1. The van der Waals surface area contributed by atoms with E-state index in [0.717, 1.165) is 6.42 Å². The van der Waals surface area contributed by atoms with Gasteiger partial charge >= 0.3 is 5.97 Å². The number of aromatic nitrogens is 1. The highest BCUT2D eigenvalue weighted by Gasteiger charge is 2.05. The van der Waals surface area contributed by atoms with Gasteiger partial charge in [-0.25, -0.2) is 4.79 Å². The van der Waals surface area contributed by atoms with Gasteiger partial charge in [0.15, 0.2) is 0 Å². The van der Waals surface area contributed by atoms with Crippen LogP contribution in [0.15, 0.2) is 54.6 Å². The predicted octanol–water partition coefficient (Wildman–Crippen LogP) is 4.53. The number of aromatic amines is 1. The number of H-pyrrole nitrogens is 1. The molecule has 0 bridgehead atoms. The fourth-order valence-electron chi connectivity index (χ4n) is 2.23. The fraction of sp³-hybridized carbons (Fsp3) is 0.167. The Bertz CT molecular complexity index is 787. The van der Waals surface area contributed by atoms with Gasteiger partial charge in [-0.05, 0) is 25.0 Å². The number of carbonyl (C=O) groups is 1. The molecule has 3 rings (SSSR count). The predicted molar refractivity (Wildman–Crippen MR) is 87.6 cm³/mol. The Balaban J connectivity index is 0.000000232. The number of hydrogen-bond donors (Lipinski definition) is 2. The van der Waals surface area contributed by atoms with Crippen LogP contribution in [0, 0.1) is 0 Å². The first kappa shape index (κ1) is 14.9. The van der Waals surface area contributed by atoms with Crippen LogP contribution in [0.3, 0.4) is 0 Å². The summed E-state index contributed by atoms with van der Waals surface area (Å²) in [5, 5.41) is 10.6. The summed E-state index contributed by atoms with van der Waals surface area (Å²) in [6.45, 7) is 6.80. The van der Waals surface area contributed by atoms with E-state index >= 15 is 0 Å². The molecule has 3 heteroatoms. The first-order valence-corrected chi connectivity index (χ1v) is 6.91. The van der Waals surface area contributed by atoms with Crippen molar-refractivity contribution in [3.8, 4) is 0 Å². The summed E-state index contributed by atoms with van der Waals surface area (Å²) in [5.74, 6) is -0.935. The Labute approximate surface area is 123 Å². The van der Waals surface area contributed by atoms with Crippen LogP contribution < -0.4 is 0 Å².